The number of methoxy groups -OCH3 is 2. The van der Waals surface area contributed by atoms with Crippen LogP contribution in [0.25, 0.3) is 0 Å². The van der Waals surface area contributed by atoms with Crippen LogP contribution in [0.3, 0.4) is 0 Å². The van der Waals surface area contributed by atoms with Gasteiger partial charge in [-0.2, -0.15) is 0 Å². The molecule has 0 aromatic heterocycles. The Morgan fingerprint density at radius 1 is 1.22 bits per heavy atom. The molecule has 2 aromatic carbocycles. The summed E-state index contributed by atoms with van der Waals surface area (Å²) < 4.78 is 10.4. The Kier molecular flexibility index (Phi) is 5.05. The number of nitrogens with zero attached hydrogens (tertiary/aromatic N) is 1. The Balaban J connectivity index is 2.62. The molecule has 23 heavy (non-hydrogen) atoms. The molecule has 6 nitrogen and oxygen atoms in total. The summed E-state index contributed by atoms with van der Waals surface area (Å²) in [6.07, 6.45) is 0. The fourth-order valence-corrected chi connectivity index (χ4v) is 2.62. The van der Waals surface area contributed by atoms with Crippen molar-refractivity contribution in [2.24, 2.45) is 0 Å². The molecule has 0 aliphatic heterocycles. The monoisotopic (exact) mass is 317 g/mol. The van der Waals surface area contributed by atoms with Gasteiger partial charge < -0.3 is 14.6 Å². The zero-order valence-electron chi connectivity index (χ0n) is 13.3. The lowest BCUT2D eigenvalue weighted by Gasteiger charge is -2.19. The van der Waals surface area contributed by atoms with Crippen molar-refractivity contribution < 1.29 is 19.5 Å². The van der Waals surface area contributed by atoms with Gasteiger partial charge in [0.15, 0.2) is 0 Å². The maximum Gasteiger partial charge on any atom is 0.214 e. The molecule has 0 amide bonds. The van der Waals surface area contributed by atoms with Gasteiger partial charge in [-0.25, -0.2) is 0 Å². The molecule has 0 fully saturated rings. The summed E-state index contributed by atoms with van der Waals surface area (Å²) in [5.74, 6) is 0.0720. The van der Waals surface area contributed by atoms with Crippen LogP contribution >= 0.6 is 0 Å². The van der Waals surface area contributed by atoms with Gasteiger partial charge in [-0.15, -0.1) is 0 Å². The fraction of sp³-hybridized carbons (Fsp3) is 0.294. The molecular formula is C17H19NO5. The summed E-state index contributed by atoms with van der Waals surface area (Å²) in [5, 5.41) is 21.5. The lowest BCUT2D eigenvalue weighted by atomic mass is 9.89. The smallest absolute Gasteiger partial charge is 0.214 e. The molecule has 0 bridgehead atoms. The molecule has 0 spiro atoms. The van der Waals surface area contributed by atoms with Gasteiger partial charge in [0.1, 0.15) is 17.2 Å². The fourth-order valence-electron chi connectivity index (χ4n) is 2.62. The molecule has 0 aliphatic rings. The van der Waals surface area contributed by atoms with E-state index in [0.717, 1.165) is 11.1 Å². The van der Waals surface area contributed by atoms with E-state index < -0.39 is 10.8 Å². The number of benzene rings is 2. The highest BCUT2D eigenvalue weighted by atomic mass is 16.6. The van der Waals surface area contributed by atoms with Crippen LogP contribution in [0.15, 0.2) is 36.4 Å². The molecule has 1 atom stereocenters. The zero-order valence-corrected chi connectivity index (χ0v) is 13.3. The second kappa shape index (κ2) is 7.00. The Labute approximate surface area is 134 Å². The first-order valence-corrected chi connectivity index (χ1v) is 7.09. The van der Waals surface area contributed by atoms with Crippen LogP contribution in [-0.4, -0.2) is 30.8 Å². The third-order valence-corrected chi connectivity index (χ3v) is 3.67. The first kappa shape index (κ1) is 16.6. The molecule has 6 heteroatoms. The summed E-state index contributed by atoms with van der Waals surface area (Å²) in [6.45, 7) is 1.57. The van der Waals surface area contributed by atoms with Gasteiger partial charge in [-0.05, 0) is 12.5 Å². The quantitative estimate of drug-likeness (QED) is 0.654. The molecule has 0 unspecified atom stereocenters. The second-order valence-electron chi connectivity index (χ2n) is 5.24. The predicted molar refractivity (Wildman–Crippen MR) is 86.1 cm³/mol. The summed E-state index contributed by atoms with van der Waals surface area (Å²) >= 11 is 0. The number of ether oxygens (including phenoxy) is 2. The van der Waals surface area contributed by atoms with Gasteiger partial charge in [0.25, 0.3) is 0 Å². The van der Waals surface area contributed by atoms with Crippen LogP contribution in [0, 0.1) is 17.0 Å². The van der Waals surface area contributed by atoms with E-state index in [2.05, 4.69) is 0 Å². The van der Waals surface area contributed by atoms with Crippen LogP contribution in [0.2, 0.25) is 0 Å². The number of nitro groups is 1. The molecule has 0 aliphatic carbocycles. The van der Waals surface area contributed by atoms with Crippen LogP contribution in [0.5, 0.6) is 17.2 Å². The van der Waals surface area contributed by atoms with Gasteiger partial charge in [0.05, 0.1) is 25.7 Å². The van der Waals surface area contributed by atoms with Crippen LogP contribution in [0.1, 0.15) is 22.6 Å². The lowest BCUT2D eigenvalue weighted by Crippen LogP contribution is -2.15. The van der Waals surface area contributed by atoms with Gasteiger partial charge in [0.2, 0.25) is 6.54 Å². The number of aryl methyl sites for hydroxylation is 1. The number of rotatable bonds is 6. The third-order valence-electron chi connectivity index (χ3n) is 3.67. The standard InChI is InChI=1S/C17H19NO5/c1-11-5-4-6-12(7-11)14(10-18(20)21)17-15(19)8-13(22-2)9-16(17)23-3/h4-9,14,19H,10H2,1-3H3/t14-/m1/s1. The number of hydrogen-bond acceptors (Lipinski definition) is 5. The van der Waals surface area contributed by atoms with Crippen LogP contribution in [0.4, 0.5) is 0 Å². The average Bonchev–Trinajstić information content (AvgIpc) is 2.52. The molecule has 2 aromatic rings. The first-order valence-electron chi connectivity index (χ1n) is 7.09. The van der Waals surface area contributed by atoms with Crippen molar-refractivity contribution in [3.05, 3.63) is 63.2 Å². The maximum absolute atomic E-state index is 11.1. The van der Waals surface area contributed by atoms with E-state index in [1.807, 2.05) is 31.2 Å². The highest BCUT2D eigenvalue weighted by Gasteiger charge is 2.27. The summed E-state index contributed by atoms with van der Waals surface area (Å²) in [5.41, 5.74) is 2.12. The zero-order chi connectivity index (χ0) is 17.0. The topological polar surface area (TPSA) is 81.8 Å². The highest BCUT2D eigenvalue weighted by Crippen LogP contribution is 2.41. The number of aromatic hydroxyl groups is 1. The van der Waals surface area contributed by atoms with Crippen molar-refractivity contribution in [1.29, 1.82) is 0 Å². The SMILES string of the molecule is COc1cc(O)c([C@H](C[N+](=O)[O-])c2cccc(C)c2)c(OC)c1. The summed E-state index contributed by atoms with van der Waals surface area (Å²) in [7, 11) is 2.93. The minimum atomic E-state index is -0.620. The number of hydrogen-bond donors (Lipinski definition) is 1. The van der Waals surface area contributed by atoms with Crippen molar-refractivity contribution >= 4 is 0 Å². The number of phenolic OH excluding ortho intramolecular Hbond substituents is 1. The first-order chi connectivity index (χ1) is 11.0. The van der Waals surface area contributed by atoms with Crippen LogP contribution in [-0.2, 0) is 0 Å². The van der Waals surface area contributed by atoms with Gasteiger partial charge in [-0.1, -0.05) is 29.8 Å². The van der Waals surface area contributed by atoms with Gasteiger partial charge in [0, 0.05) is 17.1 Å². The highest BCUT2D eigenvalue weighted by molar-refractivity contribution is 5.54. The minimum Gasteiger partial charge on any atom is -0.507 e. The molecule has 0 saturated heterocycles. The van der Waals surface area contributed by atoms with Crippen molar-refractivity contribution in [2.45, 2.75) is 12.8 Å². The third kappa shape index (κ3) is 3.71. The van der Waals surface area contributed by atoms with Crippen molar-refractivity contribution in [1.82, 2.24) is 0 Å². The van der Waals surface area contributed by atoms with Crippen molar-refractivity contribution in [2.75, 3.05) is 20.8 Å². The average molecular weight is 317 g/mol. The Morgan fingerprint density at radius 3 is 2.52 bits per heavy atom. The van der Waals surface area contributed by atoms with E-state index in [9.17, 15) is 15.2 Å². The molecule has 0 radical (unpaired) electrons. The van der Waals surface area contributed by atoms with Crippen molar-refractivity contribution in [3.63, 3.8) is 0 Å². The van der Waals surface area contributed by atoms with Crippen LogP contribution < -0.4 is 9.47 Å². The van der Waals surface area contributed by atoms with E-state index in [1.54, 1.807) is 6.07 Å². The Morgan fingerprint density at radius 2 is 1.96 bits per heavy atom. The molecule has 1 N–H and O–H groups in total. The van der Waals surface area contributed by atoms with Crippen molar-refractivity contribution in [3.8, 4) is 17.2 Å². The maximum atomic E-state index is 11.1. The largest absolute Gasteiger partial charge is 0.507 e. The van der Waals surface area contributed by atoms with E-state index in [0.29, 0.717) is 17.1 Å². The lowest BCUT2D eigenvalue weighted by molar-refractivity contribution is -0.481. The Hall–Kier alpha value is -2.76. The molecular weight excluding hydrogens is 298 g/mol. The van der Waals surface area contributed by atoms with Gasteiger partial charge >= 0.3 is 0 Å². The van der Waals surface area contributed by atoms with Gasteiger partial charge in [-0.3, -0.25) is 10.1 Å². The molecule has 0 heterocycles. The number of phenols is 1. The van der Waals surface area contributed by atoms with E-state index >= 15 is 0 Å². The molecule has 122 valence electrons. The molecule has 2 rings (SSSR count). The second-order valence-corrected chi connectivity index (χ2v) is 5.24. The van der Waals surface area contributed by atoms with E-state index in [4.69, 9.17) is 9.47 Å². The van der Waals surface area contributed by atoms with E-state index in [-0.39, 0.29) is 12.3 Å². The molecule has 0 saturated carbocycles. The minimum absolute atomic E-state index is 0.0884. The predicted octanol–water partition coefficient (Wildman–Crippen LogP) is 3.13. The summed E-state index contributed by atoms with van der Waals surface area (Å²) in [4.78, 5) is 10.7. The normalized spacial score (nSPS) is 11.8. The van der Waals surface area contributed by atoms with E-state index in [1.165, 1.54) is 20.3 Å². The Bertz CT molecular complexity index is 714. The summed E-state index contributed by atoms with van der Waals surface area (Å²) in [6, 6.07) is 10.5.